The Bertz CT molecular complexity index is 812. The summed E-state index contributed by atoms with van der Waals surface area (Å²) in [5.41, 5.74) is 2.79. The maximum absolute atomic E-state index is 11.9. The van der Waals surface area contributed by atoms with Crippen molar-refractivity contribution in [1.82, 2.24) is 5.48 Å². The van der Waals surface area contributed by atoms with Gasteiger partial charge in [0, 0.05) is 16.2 Å². The normalized spacial score (nSPS) is 19.1. The average Bonchev–Trinajstić information content (AvgIpc) is 3.20. The molecular weight excluding hydrogens is 398 g/mol. The van der Waals surface area contributed by atoms with Crippen molar-refractivity contribution < 1.29 is 24.3 Å². The van der Waals surface area contributed by atoms with Crippen LogP contribution in [-0.2, 0) is 14.3 Å². The van der Waals surface area contributed by atoms with Crippen molar-refractivity contribution in [2.75, 3.05) is 12.4 Å². The number of hydrogen-bond donors (Lipinski definition) is 2. The number of rotatable bonds is 6. The second-order valence-electron chi connectivity index (χ2n) is 6.48. The molecule has 1 fully saturated rings. The molecule has 1 aliphatic rings. The fraction of sp³-hybridized carbons (Fsp3) is 0.400. The van der Waals surface area contributed by atoms with Crippen molar-refractivity contribution in [1.29, 1.82) is 0 Å². The van der Waals surface area contributed by atoms with Gasteiger partial charge in [0.1, 0.15) is 5.75 Å². The molecule has 2 N–H and O–H groups in total. The summed E-state index contributed by atoms with van der Waals surface area (Å²) in [6, 6.07) is 11.4. The number of benzene rings is 1. The molecule has 0 spiro atoms. The maximum atomic E-state index is 11.9. The molecule has 150 valence electrons. The van der Waals surface area contributed by atoms with Crippen LogP contribution in [0.5, 0.6) is 5.75 Å². The first-order valence-corrected chi connectivity index (χ1v) is 11.0. The molecule has 1 aromatic heterocycles. The standard InChI is InChI=1S/C20H23NO5S2/c1-2-25-19(23)26-15-7-5-14(6-8-15)16-9-10-17(28-16)20(13-18(22)21-24)11-3-4-12-27-20/h5-10,24H,2-4,11-13H2,1H3,(H,21,22)/t20-/m0/s1. The molecule has 3 rings (SSSR count). The van der Waals surface area contributed by atoms with E-state index in [2.05, 4.69) is 12.1 Å². The fourth-order valence-corrected chi connectivity index (χ4v) is 6.14. The molecule has 1 atom stereocenters. The van der Waals surface area contributed by atoms with Crippen LogP contribution >= 0.6 is 23.1 Å². The van der Waals surface area contributed by atoms with Crippen LogP contribution < -0.4 is 10.2 Å². The van der Waals surface area contributed by atoms with Gasteiger partial charge < -0.3 is 9.47 Å². The van der Waals surface area contributed by atoms with Crippen molar-refractivity contribution in [3.8, 4) is 16.2 Å². The minimum absolute atomic E-state index is 0.264. The summed E-state index contributed by atoms with van der Waals surface area (Å²) >= 11 is 3.45. The monoisotopic (exact) mass is 421 g/mol. The third kappa shape index (κ3) is 4.87. The van der Waals surface area contributed by atoms with Gasteiger partial charge in [0.15, 0.2) is 0 Å². The summed E-state index contributed by atoms with van der Waals surface area (Å²) in [5, 5.41) is 8.98. The summed E-state index contributed by atoms with van der Waals surface area (Å²) in [6.45, 7) is 1.99. The van der Waals surface area contributed by atoms with E-state index >= 15 is 0 Å². The van der Waals surface area contributed by atoms with E-state index in [-0.39, 0.29) is 23.7 Å². The Morgan fingerprint density at radius 3 is 2.61 bits per heavy atom. The van der Waals surface area contributed by atoms with Gasteiger partial charge in [-0.15, -0.1) is 23.1 Å². The van der Waals surface area contributed by atoms with E-state index in [1.807, 2.05) is 12.1 Å². The third-order valence-electron chi connectivity index (χ3n) is 4.58. The number of ether oxygens (including phenoxy) is 2. The Morgan fingerprint density at radius 1 is 1.18 bits per heavy atom. The Morgan fingerprint density at radius 2 is 1.96 bits per heavy atom. The molecule has 1 saturated heterocycles. The van der Waals surface area contributed by atoms with Crippen LogP contribution in [0.1, 0.15) is 37.5 Å². The highest BCUT2D eigenvalue weighted by Crippen LogP contribution is 2.50. The van der Waals surface area contributed by atoms with Crippen LogP contribution in [0.15, 0.2) is 36.4 Å². The number of thiophene rings is 1. The number of nitrogens with one attached hydrogen (secondary N) is 1. The van der Waals surface area contributed by atoms with Crippen molar-refractivity contribution >= 4 is 35.2 Å². The predicted molar refractivity (Wildman–Crippen MR) is 110 cm³/mol. The maximum Gasteiger partial charge on any atom is 0.513 e. The number of thioether (sulfide) groups is 1. The zero-order valence-electron chi connectivity index (χ0n) is 15.6. The highest BCUT2D eigenvalue weighted by Gasteiger charge is 2.38. The van der Waals surface area contributed by atoms with Gasteiger partial charge in [-0.3, -0.25) is 10.0 Å². The van der Waals surface area contributed by atoms with E-state index in [0.29, 0.717) is 5.75 Å². The number of carbonyl (C=O) groups is 2. The van der Waals surface area contributed by atoms with E-state index in [1.165, 1.54) is 0 Å². The molecule has 8 heteroatoms. The first-order valence-electron chi connectivity index (χ1n) is 9.18. The summed E-state index contributed by atoms with van der Waals surface area (Å²) < 4.78 is 9.57. The zero-order chi connectivity index (χ0) is 20.0. The first kappa shape index (κ1) is 20.7. The molecule has 0 saturated carbocycles. The lowest BCUT2D eigenvalue weighted by Crippen LogP contribution is -2.32. The van der Waals surface area contributed by atoms with Crippen LogP contribution in [-0.4, -0.2) is 29.6 Å². The van der Waals surface area contributed by atoms with Crippen molar-refractivity contribution in [2.24, 2.45) is 0 Å². The molecule has 0 radical (unpaired) electrons. The fourth-order valence-electron chi connectivity index (χ4n) is 3.24. The Hall–Kier alpha value is -2.03. The minimum Gasteiger partial charge on any atom is -0.434 e. The van der Waals surface area contributed by atoms with E-state index in [4.69, 9.17) is 14.7 Å². The largest absolute Gasteiger partial charge is 0.513 e. The average molecular weight is 422 g/mol. The lowest BCUT2D eigenvalue weighted by atomic mass is 9.94. The molecule has 0 aliphatic carbocycles. The molecule has 2 aromatic rings. The van der Waals surface area contributed by atoms with Gasteiger partial charge in [0.05, 0.1) is 11.4 Å². The van der Waals surface area contributed by atoms with Gasteiger partial charge >= 0.3 is 6.16 Å². The number of hydroxylamine groups is 1. The Kier molecular flexibility index (Phi) is 6.98. The van der Waals surface area contributed by atoms with Gasteiger partial charge in [-0.1, -0.05) is 6.42 Å². The second-order valence-corrected chi connectivity index (χ2v) is 9.05. The second kappa shape index (κ2) is 9.45. The first-order chi connectivity index (χ1) is 13.6. The van der Waals surface area contributed by atoms with Crippen LogP contribution in [0.25, 0.3) is 10.4 Å². The lowest BCUT2D eigenvalue weighted by molar-refractivity contribution is -0.129. The van der Waals surface area contributed by atoms with Crippen LogP contribution in [0.2, 0.25) is 0 Å². The third-order valence-corrected chi connectivity index (χ3v) is 7.66. The summed E-state index contributed by atoms with van der Waals surface area (Å²) in [4.78, 5) is 25.5. The molecule has 0 bridgehead atoms. The van der Waals surface area contributed by atoms with E-state index in [0.717, 1.165) is 40.3 Å². The van der Waals surface area contributed by atoms with Crippen molar-refractivity contribution in [3.05, 3.63) is 41.3 Å². The topological polar surface area (TPSA) is 84.9 Å². The number of amides is 1. The summed E-state index contributed by atoms with van der Waals surface area (Å²) in [5.74, 6) is 1.08. The minimum atomic E-state index is -0.716. The molecule has 6 nitrogen and oxygen atoms in total. The molecular formula is C20H23NO5S2. The predicted octanol–water partition coefficient (Wildman–Crippen LogP) is 4.96. The van der Waals surface area contributed by atoms with E-state index in [9.17, 15) is 9.59 Å². The van der Waals surface area contributed by atoms with Crippen molar-refractivity contribution in [3.63, 3.8) is 0 Å². The Labute approximate surface area is 172 Å². The van der Waals surface area contributed by atoms with Gasteiger partial charge in [-0.25, -0.2) is 10.3 Å². The van der Waals surface area contributed by atoms with E-state index in [1.54, 1.807) is 47.6 Å². The molecule has 2 heterocycles. The highest BCUT2D eigenvalue weighted by atomic mass is 32.2. The number of hydrogen-bond acceptors (Lipinski definition) is 7. The van der Waals surface area contributed by atoms with Gasteiger partial charge in [-0.2, -0.15) is 0 Å². The summed E-state index contributed by atoms with van der Waals surface area (Å²) in [6.07, 6.45) is 2.68. The van der Waals surface area contributed by atoms with Crippen LogP contribution in [0.4, 0.5) is 4.79 Å². The molecule has 1 aromatic carbocycles. The van der Waals surface area contributed by atoms with Gasteiger partial charge in [-0.05, 0) is 67.5 Å². The molecule has 1 aliphatic heterocycles. The Balaban J connectivity index is 1.78. The molecule has 28 heavy (non-hydrogen) atoms. The molecule has 0 unspecified atom stereocenters. The quantitative estimate of drug-likeness (QED) is 0.297. The van der Waals surface area contributed by atoms with Crippen molar-refractivity contribution in [2.45, 2.75) is 37.4 Å². The van der Waals surface area contributed by atoms with Gasteiger partial charge in [0.25, 0.3) is 0 Å². The zero-order valence-corrected chi connectivity index (χ0v) is 17.2. The van der Waals surface area contributed by atoms with Crippen LogP contribution in [0.3, 0.4) is 0 Å². The SMILES string of the molecule is CCOC(=O)Oc1ccc(-c2ccc([C@@]3(CC(=O)NO)CCCCS3)s2)cc1. The van der Waals surface area contributed by atoms with Crippen LogP contribution in [0, 0.1) is 0 Å². The number of carbonyl (C=O) groups excluding carboxylic acids is 2. The molecule has 1 amide bonds. The van der Waals surface area contributed by atoms with E-state index < -0.39 is 6.16 Å². The smallest absolute Gasteiger partial charge is 0.434 e. The highest BCUT2D eigenvalue weighted by molar-refractivity contribution is 8.00. The van der Waals surface area contributed by atoms with Gasteiger partial charge in [0.2, 0.25) is 5.91 Å². The summed E-state index contributed by atoms with van der Waals surface area (Å²) in [7, 11) is 0. The lowest BCUT2D eigenvalue weighted by Gasteiger charge is -2.35.